The van der Waals surface area contributed by atoms with E-state index in [0.29, 0.717) is 5.92 Å². The summed E-state index contributed by atoms with van der Waals surface area (Å²) in [5.74, 6) is 1.10. The lowest BCUT2D eigenvalue weighted by Crippen LogP contribution is -2.28. The van der Waals surface area contributed by atoms with Crippen molar-refractivity contribution in [3.8, 4) is 11.4 Å². The fourth-order valence-corrected chi connectivity index (χ4v) is 2.29. The molecule has 1 aliphatic heterocycles. The van der Waals surface area contributed by atoms with E-state index in [2.05, 4.69) is 20.3 Å². The van der Waals surface area contributed by atoms with Gasteiger partial charge in [0.05, 0.1) is 23.8 Å². The topological polar surface area (TPSA) is 53.6 Å². The normalized spacial score (nSPS) is 19.9. The number of aromatic amines is 1. The van der Waals surface area contributed by atoms with Crippen molar-refractivity contribution in [2.75, 3.05) is 13.1 Å². The van der Waals surface area contributed by atoms with Gasteiger partial charge in [0.1, 0.15) is 11.6 Å². The second-order valence-corrected chi connectivity index (χ2v) is 4.59. The summed E-state index contributed by atoms with van der Waals surface area (Å²) in [6.07, 6.45) is 5.31. The molecule has 3 rings (SSSR count). The molecular formula is C13H15FN4. The third kappa shape index (κ3) is 2.26. The lowest BCUT2D eigenvalue weighted by atomic mass is 9.99. The summed E-state index contributed by atoms with van der Waals surface area (Å²) in [7, 11) is 0. The third-order valence-corrected chi connectivity index (χ3v) is 3.28. The molecule has 0 radical (unpaired) electrons. The highest BCUT2D eigenvalue weighted by atomic mass is 19.1. The van der Waals surface area contributed by atoms with E-state index >= 15 is 0 Å². The van der Waals surface area contributed by atoms with Crippen molar-refractivity contribution < 1.29 is 4.39 Å². The Kier molecular flexibility index (Phi) is 3.06. The molecule has 2 N–H and O–H groups in total. The van der Waals surface area contributed by atoms with Gasteiger partial charge in [-0.3, -0.25) is 4.98 Å². The van der Waals surface area contributed by atoms with E-state index in [1.54, 1.807) is 12.3 Å². The summed E-state index contributed by atoms with van der Waals surface area (Å²) >= 11 is 0. The summed E-state index contributed by atoms with van der Waals surface area (Å²) in [6, 6.07) is 3.07. The second kappa shape index (κ2) is 4.86. The largest absolute Gasteiger partial charge is 0.340 e. The Morgan fingerprint density at radius 2 is 2.17 bits per heavy atom. The van der Waals surface area contributed by atoms with Crippen LogP contribution in [0.2, 0.25) is 0 Å². The smallest absolute Gasteiger partial charge is 0.141 e. The number of nitrogens with one attached hydrogen (secondary N) is 2. The lowest BCUT2D eigenvalue weighted by Gasteiger charge is -2.20. The van der Waals surface area contributed by atoms with E-state index in [-0.39, 0.29) is 5.82 Å². The predicted octanol–water partition coefficient (Wildman–Crippen LogP) is 2.08. The van der Waals surface area contributed by atoms with Crippen LogP contribution in [0.15, 0.2) is 24.5 Å². The van der Waals surface area contributed by atoms with Gasteiger partial charge in [-0.05, 0) is 31.5 Å². The van der Waals surface area contributed by atoms with E-state index in [9.17, 15) is 4.39 Å². The highest BCUT2D eigenvalue weighted by Crippen LogP contribution is 2.23. The number of nitrogens with zero attached hydrogens (tertiary/aromatic N) is 2. The highest BCUT2D eigenvalue weighted by Gasteiger charge is 2.18. The third-order valence-electron chi connectivity index (χ3n) is 3.28. The Morgan fingerprint density at radius 3 is 2.89 bits per heavy atom. The standard InChI is InChI=1S/C13H15FN4/c14-10-3-4-11(16-7-10)12-8-17-13(18-12)9-2-1-5-15-6-9/h3-4,7-9,15H,1-2,5-6H2,(H,17,18). The first-order valence-corrected chi connectivity index (χ1v) is 6.20. The van der Waals surface area contributed by atoms with Crippen molar-refractivity contribution in [2.45, 2.75) is 18.8 Å². The van der Waals surface area contributed by atoms with Crippen LogP contribution in [0.4, 0.5) is 4.39 Å². The molecule has 1 fully saturated rings. The molecule has 5 heteroatoms. The fourth-order valence-electron chi connectivity index (χ4n) is 2.29. The summed E-state index contributed by atoms with van der Waals surface area (Å²) < 4.78 is 12.8. The molecule has 18 heavy (non-hydrogen) atoms. The summed E-state index contributed by atoms with van der Waals surface area (Å²) in [4.78, 5) is 11.7. The van der Waals surface area contributed by atoms with Gasteiger partial charge in [0.15, 0.2) is 0 Å². The molecule has 3 heterocycles. The van der Waals surface area contributed by atoms with Crippen molar-refractivity contribution in [1.82, 2.24) is 20.3 Å². The highest BCUT2D eigenvalue weighted by molar-refractivity contribution is 5.52. The summed E-state index contributed by atoms with van der Waals surface area (Å²) in [5, 5.41) is 3.36. The first-order valence-electron chi connectivity index (χ1n) is 6.20. The van der Waals surface area contributed by atoms with Crippen molar-refractivity contribution in [2.24, 2.45) is 0 Å². The van der Waals surface area contributed by atoms with Crippen LogP contribution < -0.4 is 5.32 Å². The lowest BCUT2D eigenvalue weighted by molar-refractivity contribution is 0.449. The number of halogens is 1. The average molecular weight is 246 g/mol. The second-order valence-electron chi connectivity index (χ2n) is 4.59. The number of imidazole rings is 1. The van der Waals surface area contributed by atoms with Crippen molar-refractivity contribution >= 4 is 0 Å². The Balaban J connectivity index is 1.82. The van der Waals surface area contributed by atoms with Gasteiger partial charge < -0.3 is 10.3 Å². The Labute approximate surface area is 105 Å². The van der Waals surface area contributed by atoms with Gasteiger partial charge in [-0.15, -0.1) is 0 Å². The summed E-state index contributed by atoms with van der Waals surface area (Å²) in [5.41, 5.74) is 1.56. The van der Waals surface area contributed by atoms with Crippen molar-refractivity contribution in [3.05, 3.63) is 36.2 Å². The molecule has 94 valence electrons. The minimum Gasteiger partial charge on any atom is -0.340 e. The molecule has 2 aromatic heterocycles. The molecular weight excluding hydrogens is 231 g/mol. The van der Waals surface area contributed by atoms with Gasteiger partial charge >= 0.3 is 0 Å². The molecule has 0 amide bonds. The zero-order valence-electron chi connectivity index (χ0n) is 9.99. The number of hydrogen-bond acceptors (Lipinski definition) is 3. The monoisotopic (exact) mass is 246 g/mol. The van der Waals surface area contributed by atoms with Crippen LogP contribution in [0.5, 0.6) is 0 Å². The SMILES string of the molecule is Fc1ccc(-c2cnc(C3CCCNC3)[nH]2)nc1. The molecule has 0 aromatic carbocycles. The zero-order valence-corrected chi connectivity index (χ0v) is 9.99. The molecule has 0 aliphatic carbocycles. The van der Waals surface area contributed by atoms with Crippen molar-refractivity contribution in [3.63, 3.8) is 0 Å². The molecule has 0 spiro atoms. The van der Waals surface area contributed by atoms with E-state index in [1.165, 1.54) is 18.7 Å². The maximum atomic E-state index is 12.8. The Hall–Kier alpha value is -1.75. The quantitative estimate of drug-likeness (QED) is 0.853. The van der Waals surface area contributed by atoms with Crippen LogP contribution in [-0.2, 0) is 0 Å². The first-order chi connectivity index (χ1) is 8.83. The average Bonchev–Trinajstić information content (AvgIpc) is 2.90. The molecule has 1 aliphatic rings. The minimum atomic E-state index is -0.324. The fraction of sp³-hybridized carbons (Fsp3) is 0.385. The molecule has 0 bridgehead atoms. The van der Waals surface area contributed by atoms with Crippen LogP contribution in [0.1, 0.15) is 24.6 Å². The van der Waals surface area contributed by atoms with E-state index in [4.69, 9.17) is 0 Å². The predicted molar refractivity (Wildman–Crippen MR) is 66.6 cm³/mol. The number of piperidine rings is 1. The van der Waals surface area contributed by atoms with Crippen LogP contribution >= 0.6 is 0 Å². The Morgan fingerprint density at radius 1 is 1.22 bits per heavy atom. The van der Waals surface area contributed by atoms with Gasteiger partial charge in [0.2, 0.25) is 0 Å². The number of hydrogen-bond donors (Lipinski definition) is 2. The molecule has 1 unspecified atom stereocenters. The maximum absolute atomic E-state index is 12.8. The number of pyridine rings is 1. The molecule has 4 nitrogen and oxygen atoms in total. The number of rotatable bonds is 2. The maximum Gasteiger partial charge on any atom is 0.141 e. The van der Waals surface area contributed by atoms with Crippen LogP contribution in [0.3, 0.4) is 0 Å². The van der Waals surface area contributed by atoms with Gasteiger partial charge in [-0.25, -0.2) is 9.37 Å². The van der Waals surface area contributed by atoms with E-state index in [1.807, 2.05) is 0 Å². The van der Waals surface area contributed by atoms with Crippen LogP contribution in [-0.4, -0.2) is 28.0 Å². The first kappa shape index (κ1) is 11.3. The number of H-pyrrole nitrogens is 1. The summed E-state index contributed by atoms with van der Waals surface area (Å²) in [6.45, 7) is 2.05. The minimum absolute atomic E-state index is 0.324. The molecule has 1 saturated heterocycles. The van der Waals surface area contributed by atoms with E-state index in [0.717, 1.165) is 36.7 Å². The molecule has 0 saturated carbocycles. The van der Waals surface area contributed by atoms with Crippen LogP contribution in [0, 0.1) is 5.82 Å². The van der Waals surface area contributed by atoms with Gasteiger partial charge in [0, 0.05) is 12.5 Å². The number of aromatic nitrogens is 3. The molecule has 2 aromatic rings. The van der Waals surface area contributed by atoms with Gasteiger partial charge in [-0.2, -0.15) is 0 Å². The van der Waals surface area contributed by atoms with Crippen LogP contribution in [0.25, 0.3) is 11.4 Å². The van der Waals surface area contributed by atoms with Gasteiger partial charge in [-0.1, -0.05) is 0 Å². The van der Waals surface area contributed by atoms with E-state index < -0.39 is 0 Å². The van der Waals surface area contributed by atoms with Crippen molar-refractivity contribution in [1.29, 1.82) is 0 Å². The molecule has 1 atom stereocenters. The zero-order chi connectivity index (χ0) is 12.4. The Bertz CT molecular complexity index is 514. The van der Waals surface area contributed by atoms with Gasteiger partial charge in [0.25, 0.3) is 0 Å².